The first-order valence-corrected chi connectivity index (χ1v) is 10.1. The summed E-state index contributed by atoms with van der Waals surface area (Å²) < 4.78 is 27.3. The van der Waals surface area contributed by atoms with Crippen LogP contribution >= 0.6 is 11.8 Å². The van der Waals surface area contributed by atoms with Gasteiger partial charge in [0.1, 0.15) is 0 Å². The summed E-state index contributed by atoms with van der Waals surface area (Å²) in [5.74, 6) is 0. The Labute approximate surface area is 131 Å². The Bertz CT molecular complexity index is 606. The number of nitrogens with one attached hydrogen (secondary N) is 1. The quantitative estimate of drug-likeness (QED) is 0.863. The van der Waals surface area contributed by atoms with Crippen LogP contribution in [0.2, 0.25) is 0 Å². The van der Waals surface area contributed by atoms with Crippen molar-refractivity contribution in [1.82, 2.24) is 9.62 Å². The molecule has 2 heterocycles. The maximum atomic E-state index is 12.8. The molecule has 0 aliphatic carbocycles. The lowest BCUT2D eigenvalue weighted by Crippen LogP contribution is -2.48. The molecule has 21 heavy (non-hydrogen) atoms. The van der Waals surface area contributed by atoms with Gasteiger partial charge in [-0.1, -0.05) is 6.07 Å². The molecule has 0 amide bonds. The molecular formula is C15H22N2O2S2. The molecule has 0 aromatic heterocycles. The topological polar surface area (TPSA) is 49.4 Å². The van der Waals surface area contributed by atoms with Gasteiger partial charge in [0.05, 0.1) is 4.90 Å². The van der Waals surface area contributed by atoms with Crippen LogP contribution in [0.15, 0.2) is 34.1 Å². The molecule has 1 aromatic rings. The molecule has 0 radical (unpaired) electrons. The molecule has 116 valence electrons. The van der Waals surface area contributed by atoms with Crippen molar-refractivity contribution in [3.05, 3.63) is 24.3 Å². The van der Waals surface area contributed by atoms with E-state index in [1.54, 1.807) is 35.2 Å². The standard InChI is InChI=1S/C15H22N2O2S2/c1-17(13-8-11-6-7-12(9-13)16-11)21(18,19)15-5-3-4-14(10-15)20-2/h3-5,10-13,16H,6-9H2,1-2H3. The molecule has 1 N–H and O–H groups in total. The normalized spacial score (nSPS) is 29.0. The predicted octanol–water partition coefficient (Wildman–Crippen LogP) is 2.31. The number of rotatable bonds is 4. The first kappa shape index (κ1) is 15.3. The largest absolute Gasteiger partial charge is 0.311 e. The monoisotopic (exact) mass is 326 g/mol. The third kappa shape index (κ3) is 2.99. The van der Waals surface area contributed by atoms with Gasteiger partial charge in [-0.3, -0.25) is 0 Å². The molecule has 2 fully saturated rings. The molecule has 2 atom stereocenters. The van der Waals surface area contributed by atoms with Gasteiger partial charge in [0.15, 0.2) is 0 Å². The van der Waals surface area contributed by atoms with Crippen molar-refractivity contribution >= 4 is 21.8 Å². The molecule has 0 saturated carbocycles. The molecule has 0 spiro atoms. The van der Waals surface area contributed by atoms with Crippen LogP contribution in [-0.2, 0) is 10.0 Å². The van der Waals surface area contributed by atoms with Gasteiger partial charge < -0.3 is 5.32 Å². The first-order valence-electron chi connectivity index (χ1n) is 7.39. The maximum absolute atomic E-state index is 12.8. The molecule has 3 rings (SSSR count). The van der Waals surface area contributed by atoms with Gasteiger partial charge in [-0.2, -0.15) is 4.31 Å². The number of thioether (sulfide) groups is 1. The highest BCUT2D eigenvalue weighted by Crippen LogP contribution is 2.32. The van der Waals surface area contributed by atoms with E-state index in [2.05, 4.69) is 5.32 Å². The Balaban J connectivity index is 1.83. The van der Waals surface area contributed by atoms with Crippen molar-refractivity contribution in [3.8, 4) is 0 Å². The fourth-order valence-corrected chi connectivity index (χ4v) is 5.41. The van der Waals surface area contributed by atoms with Crippen molar-refractivity contribution in [3.63, 3.8) is 0 Å². The van der Waals surface area contributed by atoms with E-state index in [1.807, 2.05) is 18.4 Å². The van der Waals surface area contributed by atoms with Gasteiger partial charge >= 0.3 is 0 Å². The molecule has 2 bridgehead atoms. The van der Waals surface area contributed by atoms with Crippen LogP contribution < -0.4 is 5.32 Å². The Morgan fingerprint density at radius 2 is 1.90 bits per heavy atom. The first-order chi connectivity index (χ1) is 10.0. The second-order valence-corrected chi connectivity index (χ2v) is 8.84. The summed E-state index contributed by atoms with van der Waals surface area (Å²) in [5.41, 5.74) is 0. The molecule has 4 nitrogen and oxygen atoms in total. The number of hydrogen-bond donors (Lipinski definition) is 1. The summed E-state index contributed by atoms with van der Waals surface area (Å²) in [6.07, 6.45) is 6.16. The van der Waals surface area contributed by atoms with E-state index < -0.39 is 10.0 Å². The van der Waals surface area contributed by atoms with E-state index in [9.17, 15) is 8.42 Å². The molecular weight excluding hydrogens is 304 g/mol. The Morgan fingerprint density at radius 1 is 1.24 bits per heavy atom. The van der Waals surface area contributed by atoms with Crippen LogP contribution in [0.1, 0.15) is 25.7 Å². The number of nitrogens with zero attached hydrogens (tertiary/aromatic N) is 1. The molecule has 2 unspecified atom stereocenters. The van der Waals surface area contributed by atoms with Crippen LogP contribution in [0.3, 0.4) is 0 Å². The molecule has 2 aliphatic rings. The second-order valence-electron chi connectivity index (χ2n) is 5.96. The van der Waals surface area contributed by atoms with Gasteiger partial charge in [-0.05, 0) is 50.1 Å². The second kappa shape index (κ2) is 5.91. The lowest BCUT2D eigenvalue weighted by atomic mass is 10.0. The number of fused-ring (bicyclic) bond motifs is 2. The highest BCUT2D eigenvalue weighted by Gasteiger charge is 2.38. The Morgan fingerprint density at radius 3 is 2.52 bits per heavy atom. The van der Waals surface area contributed by atoms with E-state index in [-0.39, 0.29) is 6.04 Å². The van der Waals surface area contributed by atoms with Gasteiger partial charge in [-0.15, -0.1) is 11.8 Å². The van der Waals surface area contributed by atoms with E-state index in [1.165, 1.54) is 12.8 Å². The highest BCUT2D eigenvalue weighted by atomic mass is 32.2. The van der Waals surface area contributed by atoms with E-state index in [4.69, 9.17) is 0 Å². The van der Waals surface area contributed by atoms with Crippen LogP contribution in [0.5, 0.6) is 0 Å². The summed E-state index contributed by atoms with van der Waals surface area (Å²) in [6.45, 7) is 0. The summed E-state index contributed by atoms with van der Waals surface area (Å²) in [6, 6.07) is 8.32. The average Bonchev–Trinajstić information content (AvgIpc) is 2.84. The summed E-state index contributed by atoms with van der Waals surface area (Å²) in [4.78, 5) is 1.39. The third-order valence-electron chi connectivity index (χ3n) is 4.68. The van der Waals surface area contributed by atoms with E-state index in [0.717, 1.165) is 17.7 Å². The molecule has 1 aromatic carbocycles. The summed E-state index contributed by atoms with van der Waals surface area (Å²) >= 11 is 1.56. The fraction of sp³-hybridized carbons (Fsp3) is 0.600. The zero-order valence-electron chi connectivity index (χ0n) is 12.5. The zero-order valence-corrected chi connectivity index (χ0v) is 14.1. The van der Waals surface area contributed by atoms with Crippen molar-refractivity contribution < 1.29 is 8.42 Å². The van der Waals surface area contributed by atoms with Gasteiger partial charge in [0.2, 0.25) is 10.0 Å². The van der Waals surface area contributed by atoms with Crippen LogP contribution in [0, 0.1) is 0 Å². The van der Waals surface area contributed by atoms with Crippen molar-refractivity contribution in [2.75, 3.05) is 13.3 Å². The smallest absolute Gasteiger partial charge is 0.243 e. The van der Waals surface area contributed by atoms with Gasteiger partial charge in [-0.25, -0.2) is 8.42 Å². The SMILES string of the molecule is CSc1cccc(S(=O)(=O)N(C)C2CC3CCC(C2)N3)c1. The number of hydrogen-bond acceptors (Lipinski definition) is 4. The Kier molecular flexibility index (Phi) is 4.32. The summed E-state index contributed by atoms with van der Waals surface area (Å²) in [7, 11) is -1.67. The fourth-order valence-electron chi connectivity index (χ4n) is 3.45. The number of benzene rings is 1. The van der Waals surface area contributed by atoms with Crippen molar-refractivity contribution in [2.45, 2.75) is 53.6 Å². The van der Waals surface area contributed by atoms with Gasteiger partial charge in [0, 0.05) is 30.1 Å². The Hall–Kier alpha value is -0.560. The van der Waals surface area contributed by atoms with Crippen LogP contribution in [-0.4, -0.2) is 44.2 Å². The van der Waals surface area contributed by atoms with Crippen LogP contribution in [0.25, 0.3) is 0 Å². The molecule has 2 saturated heterocycles. The lowest BCUT2D eigenvalue weighted by molar-refractivity contribution is 0.251. The highest BCUT2D eigenvalue weighted by molar-refractivity contribution is 7.98. The predicted molar refractivity (Wildman–Crippen MR) is 86.1 cm³/mol. The summed E-state index contributed by atoms with van der Waals surface area (Å²) in [5, 5.41) is 3.56. The minimum atomic E-state index is -3.40. The lowest BCUT2D eigenvalue weighted by Gasteiger charge is -2.34. The minimum absolute atomic E-state index is 0.117. The molecule has 2 aliphatic heterocycles. The average molecular weight is 326 g/mol. The third-order valence-corrected chi connectivity index (χ3v) is 7.31. The number of sulfonamides is 1. The van der Waals surface area contributed by atoms with Gasteiger partial charge in [0.25, 0.3) is 0 Å². The van der Waals surface area contributed by atoms with Crippen LogP contribution in [0.4, 0.5) is 0 Å². The molecule has 6 heteroatoms. The van der Waals surface area contributed by atoms with E-state index >= 15 is 0 Å². The number of piperidine rings is 1. The van der Waals surface area contributed by atoms with Crippen molar-refractivity contribution in [2.24, 2.45) is 0 Å². The minimum Gasteiger partial charge on any atom is -0.311 e. The zero-order chi connectivity index (χ0) is 15.0. The van der Waals surface area contributed by atoms with E-state index in [0.29, 0.717) is 17.0 Å². The maximum Gasteiger partial charge on any atom is 0.243 e. The van der Waals surface area contributed by atoms with Crippen molar-refractivity contribution in [1.29, 1.82) is 0 Å².